The van der Waals surface area contributed by atoms with Gasteiger partial charge in [-0.3, -0.25) is 0 Å². The Morgan fingerprint density at radius 3 is 2.37 bits per heavy atom. The van der Waals surface area contributed by atoms with Crippen LogP contribution in [0.1, 0.15) is 31.4 Å². The number of hydrogen-bond acceptors (Lipinski definition) is 1. The molecular formula is C24H24F2O. The summed E-state index contributed by atoms with van der Waals surface area (Å²) in [5.74, 6) is 0.288. The van der Waals surface area contributed by atoms with Crippen molar-refractivity contribution in [3.8, 4) is 16.9 Å². The fourth-order valence-electron chi connectivity index (χ4n) is 3.31. The number of hydrogen-bond donors (Lipinski definition) is 0. The monoisotopic (exact) mass is 366 g/mol. The standard InChI is InChI=1S/C24H24F2O/c1-3-5-6-7-17-8-10-19(11-9-17)20-14-15-22-21(16-20)13-12-18(4-2)23(22)27-24(25)26/h3,5,8-16,24H,4,6-7H2,1-2H3/b5-3+. The zero-order chi connectivity index (χ0) is 19.2. The van der Waals surface area contributed by atoms with E-state index in [9.17, 15) is 8.78 Å². The summed E-state index contributed by atoms with van der Waals surface area (Å²) in [5, 5.41) is 1.62. The van der Waals surface area contributed by atoms with E-state index in [4.69, 9.17) is 4.74 Å². The minimum atomic E-state index is -2.82. The zero-order valence-electron chi connectivity index (χ0n) is 15.7. The van der Waals surface area contributed by atoms with E-state index in [1.165, 1.54) is 5.56 Å². The summed E-state index contributed by atoms with van der Waals surface area (Å²) in [6.45, 7) is 1.14. The third-order valence-electron chi connectivity index (χ3n) is 4.76. The lowest BCUT2D eigenvalue weighted by molar-refractivity contribution is -0.0493. The first-order chi connectivity index (χ1) is 13.1. The van der Waals surface area contributed by atoms with Crippen LogP contribution < -0.4 is 4.74 Å². The third-order valence-corrected chi connectivity index (χ3v) is 4.76. The van der Waals surface area contributed by atoms with E-state index in [0.29, 0.717) is 6.42 Å². The molecule has 0 saturated heterocycles. The normalized spacial score (nSPS) is 11.6. The molecule has 0 bridgehead atoms. The van der Waals surface area contributed by atoms with Gasteiger partial charge in [0.25, 0.3) is 0 Å². The zero-order valence-corrected chi connectivity index (χ0v) is 15.7. The molecule has 0 amide bonds. The van der Waals surface area contributed by atoms with E-state index in [1.807, 2.05) is 44.2 Å². The van der Waals surface area contributed by atoms with E-state index < -0.39 is 6.61 Å². The van der Waals surface area contributed by atoms with E-state index in [2.05, 4.69) is 36.4 Å². The van der Waals surface area contributed by atoms with Crippen molar-refractivity contribution in [2.75, 3.05) is 0 Å². The van der Waals surface area contributed by atoms with Gasteiger partial charge in [0.05, 0.1) is 0 Å². The molecule has 0 N–H and O–H groups in total. The summed E-state index contributed by atoms with van der Waals surface area (Å²) in [5.41, 5.74) is 4.27. The third kappa shape index (κ3) is 4.54. The fraction of sp³-hybridized carbons (Fsp3) is 0.250. The minimum Gasteiger partial charge on any atom is -0.434 e. The Morgan fingerprint density at radius 2 is 1.70 bits per heavy atom. The van der Waals surface area contributed by atoms with E-state index >= 15 is 0 Å². The van der Waals surface area contributed by atoms with Gasteiger partial charge in [-0.2, -0.15) is 8.78 Å². The lowest BCUT2D eigenvalue weighted by Crippen LogP contribution is -2.04. The quantitative estimate of drug-likeness (QED) is 0.402. The molecule has 0 unspecified atom stereocenters. The van der Waals surface area contributed by atoms with Crippen LogP contribution in [0.2, 0.25) is 0 Å². The van der Waals surface area contributed by atoms with Crippen LogP contribution >= 0.6 is 0 Å². The first kappa shape index (κ1) is 19.1. The van der Waals surface area contributed by atoms with Gasteiger partial charge in [-0.05, 0) is 59.9 Å². The van der Waals surface area contributed by atoms with Crippen LogP contribution in [0.5, 0.6) is 5.75 Å². The van der Waals surface area contributed by atoms with Crippen LogP contribution in [0.25, 0.3) is 21.9 Å². The SMILES string of the molecule is C/C=C/CCc1ccc(-c2ccc3c(OC(F)F)c(CC)ccc3c2)cc1. The fourth-order valence-corrected chi connectivity index (χ4v) is 3.31. The summed E-state index contributed by atoms with van der Waals surface area (Å²) < 4.78 is 30.5. The molecular weight excluding hydrogens is 342 g/mol. The van der Waals surface area contributed by atoms with Crippen molar-refractivity contribution >= 4 is 10.8 Å². The van der Waals surface area contributed by atoms with Gasteiger partial charge in [0, 0.05) is 5.39 Å². The van der Waals surface area contributed by atoms with Crippen molar-refractivity contribution < 1.29 is 13.5 Å². The number of ether oxygens (including phenoxy) is 1. The second-order valence-electron chi connectivity index (χ2n) is 6.53. The Kier molecular flexibility index (Phi) is 6.23. The average molecular weight is 366 g/mol. The molecule has 0 aliphatic heterocycles. The minimum absolute atomic E-state index is 0.288. The maximum Gasteiger partial charge on any atom is 0.387 e. The van der Waals surface area contributed by atoms with Crippen molar-refractivity contribution in [2.24, 2.45) is 0 Å². The van der Waals surface area contributed by atoms with Crippen molar-refractivity contribution in [3.05, 3.63) is 77.9 Å². The lowest BCUT2D eigenvalue weighted by atomic mass is 9.97. The second kappa shape index (κ2) is 8.81. The van der Waals surface area contributed by atoms with Crippen LogP contribution in [0, 0.1) is 0 Å². The number of rotatable bonds is 7. The molecule has 3 heteroatoms. The average Bonchev–Trinajstić information content (AvgIpc) is 2.68. The summed E-state index contributed by atoms with van der Waals surface area (Å²) >= 11 is 0. The second-order valence-corrected chi connectivity index (χ2v) is 6.53. The summed E-state index contributed by atoms with van der Waals surface area (Å²) in [4.78, 5) is 0. The highest BCUT2D eigenvalue weighted by molar-refractivity contribution is 5.93. The Hall–Kier alpha value is -2.68. The van der Waals surface area contributed by atoms with Crippen molar-refractivity contribution in [3.63, 3.8) is 0 Å². The summed E-state index contributed by atoms with van der Waals surface area (Å²) in [7, 11) is 0. The van der Waals surface area contributed by atoms with Crippen LogP contribution in [0.3, 0.4) is 0 Å². The number of allylic oxidation sites excluding steroid dienone is 2. The van der Waals surface area contributed by atoms with Crippen LogP contribution in [-0.4, -0.2) is 6.61 Å². The first-order valence-corrected chi connectivity index (χ1v) is 9.33. The number of fused-ring (bicyclic) bond motifs is 1. The molecule has 0 heterocycles. The molecule has 0 radical (unpaired) electrons. The van der Waals surface area contributed by atoms with Crippen molar-refractivity contribution in [1.29, 1.82) is 0 Å². The molecule has 140 valence electrons. The smallest absolute Gasteiger partial charge is 0.387 e. The first-order valence-electron chi connectivity index (χ1n) is 9.33. The Labute approximate surface area is 159 Å². The number of halogens is 2. The number of aryl methyl sites for hydroxylation is 2. The van der Waals surface area contributed by atoms with Gasteiger partial charge >= 0.3 is 6.61 Å². The van der Waals surface area contributed by atoms with Gasteiger partial charge in [-0.1, -0.05) is 67.6 Å². The topological polar surface area (TPSA) is 9.23 Å². The largest absolute Gasteiger partial charge is 0.434 e. The predicted octanol–water partition coefficient (Wildman–Crippen LogP) is 7.18. The molecule has 0 spiro atoms. The molecule has 0 aliphatic carbocycles. The highest BCUT2D eigenvalue weighted by Gasteiger charge is 2.13. The van der Waals surface area contributed by atoms with Gasteiger partial charge < -0.3 is 4.74 Å². The Balaban J connectivity index is 1.92. The predicted molar refractivity (Wildman–Crippen MR) is 109 cm³/mol. The Bertz CT molecular complexity index is 927. The maximum atomic E-state index is 12.8. The Morgan fingerprint density at radius 1 is 0.963 bits per heavy atom. The molecule has 1 nitrogen and oxygen atoms in total. The maximum absolute atomic E-state index is 12.8. The van der Waals surface area contributed by atoms with E-state index in [-0.39, 0.29) is 5.75 Å². The van der Waals surface area contributed by atoms with Gasteiger partial charge in [-0.15, -0.1) is 0 Å². The summed E-state index contributed by atoms with van der Waals surface area (Å²) in [6.07, 6.45) is 6.95. The highest BCUT2D eigenvalue weighted by Crippen LogP contribution is 2.34. The molecule has 3 aromatic rings. The van der Waals surface area contributed by atoms with Gasteiger partial charge in [0.1, 0.15) is 5.75 Å². The molecule has 0 atom stereocenters. The molecule has 0 fully saturated rings. The molecule has 3 rings (SSSR count). The van der Waals surface area contributed by atoms with Gasteiger partial charge in [-0.25, -0.2) is 0 Å². The lowest BCUT2D eigenvalue weighted by Gasteiger charge is -2.14. The van der Waals surface area contributed by atoms with Crippen molar-refractivity contribution in [2.45, 2.75) is 39.7 Å². The van der Waals surface area contributed by atoms with E-state index in [0.717, 1.165) is 40.3 Å². The molecule has 27 heavy (non-hydrogen) atoms. The van der Waals surface area contributed by atoms with Gasteiger partial charge in [0.2, 0.25) is 0 Å². The summed E-state index contributed by atoms with van der Waals surface area (Å²) in [6, 6.07) is 18.2. The molecule has 3 aromatic carbocycles. The van der Waals surface area contributed by atoms with Crippen molar-refractivity contribution in [1.82, 2.24) is 0 Å². The van der Waals surface area contributed by atoms with Gasteiger partial charge in [0.15, 0.2) is 0 Å². The highest BCUT2D eigenvalue weighted by atomic mass is 19.3. The van der Waals surface area contributed by atoms with Crippen LogP contribution in [0.15, 0.2) is 66.7 Å². The number of alkyl halides is 2. The van der Waals surface area contributed by atoms with Crippen LogP contribution in [-0.2, 0) is 12.8 Å². The molecule has 0 aromatic heterocycles. The van der Waals surface area contributed by atoms with E-state index in [1.54, 1.807) is 0 Å². The van der Waals surface area contributed by atoms with Crippen LogP contribution in [0.4, 0.5) is 8.78 Å². The molecule has 0 saturated carbocycles. The number of benzene rings is 3. The molecule has 0 aliphatic rings.